The second kappa shape index (κ2) is 8.80. The number of alkyl halides is 15. The van der Waals surface area contributed by atoms with Gasteiger partial charge in [0, 0.05) is 7.11 Å². The molecule has 0 aliphatic carbocycles. The van der Waals surface area contributed by atoms with Gasteiger partial charge in [0.15, 0.2) is 0 Å². The minimum Gasteiger partial charge on any atom is -0.497 e. The summed E-state index contributed by atoms with van der Waals surface area (Å²) in [5.74, 6) is -46.7. The van der Waals surface area contributed by atoms with Gasteiger partial charge in [0.2, 0.25) is 0 Å². The highest BCUT2D eigenvalue weighted by molar-refractivity contribution is 5.31. The topological polar surface area (TPSA) is 18.5 Å². The molecule has 0 fully saturated rings. The molecule has 0 saturated carbocycles. The summed E-state index contributed by atoms with van der Waals surface area (Å²) in [6.07, 6.45) is -10.3. The molecule has 0 N–H and O–H groups in total. The molecule has 0 aliphatic rings. The van der Waals surface area contributed by atoms with E-state index in [9.17, 15) is 65.9 Å². The SMILES string of the molecule is COc1ccc(C(C)(CC(F)(F)C(F)(F)C(F)(F)C(F)(F)C(F)(F)C(F)(F)C(F)(F)F)OC)cc1. The van der Waals surface area contributed by atoms with Gasteiger partial charge in [0.05, 0.1) is 19.1 Å². The Balaban J connectivity index is 3.56. The summed E-state index contributed by atoms with van der Waals surface area (Å²) in [6, 6.07) is 3.87. The van der Waals surface area contributed by atoms with Crippen LogP contribution in [0.2, 0.25) is 0 Å². The zero-order valence-electron chi connectivity index (χ0n) is 17.5. The van der Waals surface area contributed by atoms with Gasteiger partial charge in [-0.1, -0.05) is 12.1 Å². The molecule has 35 heavy (non-hydrogen) atoms. The van der Waals surface area contributed by atoms with Crippen molar-refractivity contribution in [2.75, 3.05) is 14.2 Å². The van der Waals surface area contributed by atoms with Gasteiger partial charge >= 0.3 is 41.7 Å². The number of hydrogen-bond donors (Lipinski definition) is 0. The maximum Gasteiger partial charge on any atom is 0.460 e. The van der Waals surface area contributed by atoms with Crippen molar-refractivity contribution in [3.63, 3.8) is 0 Å². The maximum absolute atomic E-state index is 14.3. The molecule has 0 aromatic heterocycles. The highest BCUT2D eigenvalue weighted by atomic mass is 19.4. The normalized spacial score (nSPS) is 16.7. The monoisotopic (exact) mass is 548 g/mol. The molecule has 0 radical (unpaired) electrons. The van der Waals surface area contributed by atoms with Gasteiger partial charge < -0.3 is 9.47 Å². The number of benzene rings is 1. The van der Waals surface area contributed by atoms with Gasteiger partial charge in [0.25, 0.3) is 0 Å². The Labute approximate surface area is 187 Å². The van der Waals surface area contributed by atoms with Crippen LogP contribution < -0.4 is 4.74 Å². The summed E-state index contributed by atoms with van der Waals surface area (Å²) in [7, 11) is 1.74. The molecule has 0 amide bonds. The number of ether oxygens (including phenoxy) is 2. The summed E-state index contributed by atoms with van der Waals surface area (Å²) in [4.78, 5) is 0. The van der Waals surface area contributed by atoms with Gasteiger partial charge in [-0.05, 0) is 24.6 Å². The average molecular weight is 548 g/mol. The van der Waals surface area contributed by atoms with Crippen molar-refractivity contribution in [3.05, 3.63) is 29.8 Å². The van der Waals surface area contributed by atoms with Gasteiger partial charge in [-0.25, -0.2) is 0 Å². The first-order valence-electron chi connectivity index (χ1n) is 8.84. The summed E-state index contributed by atoms with van der Waals surface area (Å²) in [5, 5.41) is 0. The molecule has 1 rings (SSSR count). The molecular formula is C18H15F15O2. The van der Waals surface area contributed by atoms with Crippen molar-refractivity contribution >= 4 is 0 Å². The van der Waals surface area contributed by atoms with Gasteiger partial charge in [-0.2, -0.15) is 65.9 Å². The highest BCUT2D eigenvalue weighted by Gasteiger charge is 2.93. The summed E-state index contributed by atoms with van der Waals surface area (Å²) < 4.78 is 210. The maximum atomic E-state index is 14.3. The molecule has 0 heterocycles. The molecule has 1 aromatic carbocycles. The van der Waals surface area contributed by atoms with Crippen molar-refractivity contribution in [3.8, 4) is 5.75 Å². The summed E-state index contributed by atoms with van der Waals surface area (Å²) in [6.45, 7) is 0.571. The third-order valence-corrected chi connectivity index (χ3v) is 5.10. The lowest BCUT2D eigenvalue weighted by molar-refractivity contribution is -0.453. The van der Waals surface area contributed by atoms with Crippen LogP contribution in [0.1, 0.15) is 18.9 Å². The molecule has 17 heteroatoms. The second-order valence-corrected chi connectivity index (χ2v) is 7.41. The van der Waals surface area contributed by atoms with Gasteiger partial charge in [-0.15, -0.1) is 0 Å². The third-order valence-electron chi connectivity index (χ3n) is 5.10. The molecule has 1 aromatic rings. The zero-order chi connectivity index (χ0) is 28.1. The minimum absolute atomic E-state index is 0.0725. The Kier molecular flexibility index (Phi) is 7.78. The average Bonchev–Trinajstić information content (AvgIpc) is 2.71. The molecule has 0 bridgehead atoms. The minimum atomic E-state index is -8.32. The molecule has 0 aliphatic heterocycles. The van der Waals surface area contributed by atoms with Crippen molar-refractivity contribution in [2.45, 2.75) is 60.7 Å². The second-order valence-electron chi connectivity index (χ2n) is 7.41. The number of methoxy groups -OCH3 is 2. The van der Waals surface area contributed by atoms with Crippen molar-refractivity contribution in [1.29, 1.82) is 0 Å². The predicted molar refractivity (Wildman–Crippen MR) is 87.7 cm³/mol. The molecule has 0 spiro atoms. The van der Waals surface area contributed by atoms with E-state index in [-0.39, 0.29) is 5.75 Å². The van der Waals surface area contributed by atoms with Crippen molar-refractivity contribution in [2.24, 2.45) is 0 Å². The van der Waals surface area contributed by atoms with Crippen LogP contribution in [-0.2, 0) is 10.3 Å². The fourth-order valence-corrected chi connectivity index (χ4v) is 2.77. The van der Waals surface area contributed by atoms with Crippen LogP contribution in [0.3, 0.4) is 0 Å². The molecule has 204 valence electrons. The Hall–Kier alpha value is -2.07. The first-order valence-corrected chi connectivity index (χ1v) is 8.84. The van der Waals surface area contributed by atoms with Crippen LogP contribution in [-0.4, -0.2) is 55.9 Å². The van der Waals surface area contributed by atoms with E-state index in [0.29, 0.717) is 14.0 Å². The van der Waals surface area contributed by atoms with Crippen LogP contribution >= 0.6 is 0 Å². The molecule has 1 atom stereocenters. The van der Waals surface area contributed by atoms with Crippen LogP contribution in [0.5, 0.6) is 5.75 Å². The van der Waals surface area contributed by atoms with Crippen LogP contribution in [0.25, 0.3) is 0 Å². The first kappa shape index (κ1) is 31.0. The van der Waals surface area contributed by atoms with E-state index in [1.54, 1.807) is 0 Å². The van der Waals surface area contributed by atoms with Crippen molar-refractivity contribution < 1.29 is 75.3 Å². The Bertz CT molecular complexity index is 877. The summed E-state index contributed by atoms with van der Waals surface area (Å²) in [5.41, 5.74) is -3.19. The van der Waals surface area contributed by atoms with Crippen molar-refractivity contribution in [1.82, 2.24) is 0 Å². The van der Waals surface area contributed by atoms with Gasteiger partial charge in [-0.3, -0.25) is 0 Å². The quantitative estimate of drug-likeness (QED) is 0.286. The Morgan fingerprint density at radius 2 is 0.943 bits per heavy atom. The molecule has 0 saturated heterocycles. The predicted octanol–water partition coefficient (Wildman–Crippen LogP) is 7.32. The highest BCUT2D eigenvalue weighted by Crippen LogP contribution is 2.63. The lowest BCUT2D eigenvalue weighted by Crippen LogP contribution is -2.72. The first-order chi connectivity index (χ1) is 15.3. The Morgan fingerprint density at radius 3 is 1.29 bits per heavy atom. The molecular weight excluding hydrogens is 533 g/mol. The van der Waals surface area contributed by atoms with Crippen LogP contribution in [0.4, 0.5) is 65.9 Å². The number of halogens is 15. The molecule has 1 unspecified atom stereocenters. The van der Waals surface area contributed by atoms with E-state index >= 15 is 0 Å². The smallest absolute Gasteiger partial charge is 0.460 e. The van der Waals surface area contributed by atoms with Crippen LogP contribution in [0, 0.1) is 0 Å². The fourth-order valence-electron chi connectivity index (χ4n) is 2.77. The van der Waals surface area contributed by atoms with Crippen LogP contribution in [0.15, 0.2) is 24.3 Å². The van der Waals surface area contributed by atoms with E-state index < -0.39 is 59.3 Å². The van der Waals surface area contributed by atoms with E-state index in [1.165, 1.54) is 0 Å². The largest absolute Gasteiger partial charge is 0.497 e. The standard InChI is InChI=1S/C18H15F15O2/c1-11(35-3,9-4-6-10(34-2)7-5-9)8-12(19,20)13(21,22)14(23,24)15(25,26)16(27,28)17(29,30)18(31,32)33/h4-7H,8H2,1-3H3. The number of hydrogen-bond acceptors (Lipinski definition) is 2. The van der Waals surface area contributed by atoms with E-state index in [1.807, 2.05) is 0 Å². The number of rotatable bonds is 10. The van der Waals surface area contributed by atoms with Gasteiger partial charge in [0.1, 0.15) is 5.75 Å². The molecule has 2 nitrogen and oxygen atoms in total. The fraction of sp³-hybridized carbons (Fsp3) is 0.667. The summed E-state index contributed by atoms with van der Waals surface area (Å²) >= 11 is 0. The lowest BCUT2D eigenvalue weighted by atomic mass is 9.83. The lowest BCUT2D eigenvalue weighted by Gasteiger charge is -2.43. The van der Waals surface area contributed by atoms with E-state index in [0.717, 1.165) is 31.4 Å². The Morgan fingerprint density at radius 1 is 0.571 bits per heavy atom. The van der Waals surface area contributed by atoms with E-state index in [2.05, 4.69) is 4.74 Å². The third kappa shape index (κ3) is 4.59. The zero-order valence-corrected chi connectivity index (χ0v) is 17.5. The van der Waals surface area contributed by atoms with E-state index in [4.69, 9.17) is 4.74 Å².